The van der Waals surface area contributed by atoms with E-state index < -0.39 is 0 Å². The SMILES string of the molecule is CC1(C)C(C#N)C1c1nc(-c2ccccn2)no1. The largest absolute Gasteiger partial charge is 0.339 e. The number of rotatable bonds is 2. The normalized spacial score (nSPS) is 24.5. The van der Waals surface area contributed by atoms with E-state index in [1.54, 1.807) is 6.20 Å². The van der Waals surface area contributed by atoms with Crippen molar-refractivity contribution in [2.45, 2.75) is 19.8 Å². The first-order valence-electron chi connectivity index (χ1n) is 5.79. The highest BCUT2D eigenvalue weighted by atomic mass is 16.5. The van der Waals surface area contributed by atoms with Gasteiger partial charge < -0.3 is 4.52 Å². The Morgan fingerprint density at radius 3 is 2.83 bits per heavy atom. The Morgan fingerprint density at radius 2 is 2.22 bits per heavy atom. The summed E-state index contributed by atoms with van der Waals surface area (Å²) in [6, 6.07) is 7.82. The van der Waals surface area contributed by atoms with Gasteiger partial charge in [0.05, 0.1) is 17.9 Å². The van der Waals surface area contributed by atoms with Crippen molar-refractivity contribution in [3.63, 3.8) is 0 Å². The van der Waals surface area contributed by atoms with E-state index in [9.17, 15) is 0 Å². The van der Waals surface area contributed by atoms with E-state index in [1.807, 2.05) is 32.0 Å². The predicted molar refractivity (Wildman–Crippen MR) is 63.2 cm³/mol. The minimum atomic E-state index is -0.0807. The molecule has 90 valence electrons. The molecule has 0 amide bonds. The van der Waals surface area contributed by atoms with Gasteiger partial charge in [0.15, 0.2) is 0 Å². The van der Waals surface area contributed by atoms with Crippen LogP contribution >= 0.6 is 0 Å². The van der Waals surface area contributed by atoms with Crippen LogP contribution in [0.15, 0.2) is 28.9 Å². The minimum absolute atomic E-state index is 0.0347. The highest BCUT2D eigenvalue weighted by Gasteiger charge is 2.62. The lowest BCUT2D eigenvalue weighted by Crippen LogP contribution is -1.90. The summed E-state index contributed by atoms with van der Waals surface area (Å²) < 4.78 is 5.26. The van der Waals surface area contributed by atoms with Gasteiger partial charge in [-0.25, -0.2) is 0 Å². The van der Waals surface area contributed by atoms with E-state index in [4.69, 9.17) is 9.78 Å². The molecule has 2 unspecified atom stereocenters. The van der Waals surface area contributed by atoms with Gasteiger partial charge in [-0.15, -0.1) is 0 Å². The van der Waals surface area contributed by atoms with E-state index >= 15 is 0 Å². The van der Waals surface area contributed by atoms with Gasteiger partial charge >= 0.3 is 0 Å². The number of hydrogen-bond acceptors (Lipinski definition) is 5. The molecule has 3 rings (SSSR count). The lowest BCUT2D eigenvalue weighted by molar-refractivity contribution is 0.368. The lowest BCUT2D eigenvalue weighted by atomic mass is 10.1. The summed E-state index contributed by atoms with van der Waals surface area (Å²) in [6.45, 7) is 4.08. The molecule has 2 atom stereocenters. The molecule has 0 saturated heterocycles. The Kier molecular flexibility index (Phi) is 2.20. The first kappa shape index (κ1) is 10.9. The second-order valence-electron chi connectivity index (χ2n) is 5.08. The van der Waals surface area contributed by atoms with Gasteiger partial charge in [-0.2, -0.15) is 10.2 Å². The van der Waals surface area contributed by atoms with Gasteiger partial charge in [0.2, 0.25) is 11.7 Å². The topological polar surface area (TPSA) is 75.6 Å². The highest BCUT2D eigenvalue weighted by Crippen LogP contribution is 2.63. The summed E-state index contributed by atoms with van der Waals surface area (Å²) in [5, 5.41) is 13.0. The van der Waals surface area contributed by atoms with Crippen LogP contribution < -0.4 is 0 Å². The third kappa shape index (κ3) is 1.50. The van der Waals surface area contributed by atoms with E-state index in [-0.39, 0.29) is 17.3 Å². The highest BCUT2D eigenvalue weighted by molar-refractivity contribution is 5.47. The molecule has 2 heterocycles. The summed E-state index contributed by atoms with van der Waals surface area (Å²) in [6.07, 6.45) is 1.69. The molecule has 0 bridgehead atoms. The maximum atomic E-state index is 9.05. The van der Waals surface area contributed by atoms with Gasteiger partial charge in [-0.1, -0.05) is 25.1 Å². The van der Waals surface area contributed by atoms with Gasteiger partial charge in [0.1, 0.15) is 5.69 Å². The Morgan fingerprint density at radius 1 is 1.39 bits per heavy atom. The number of aromatic nitrogens is 3. The number of pyridine rings is 1. The summed E-state index contributed by atoms with van der Waals surface area (Å²) in [5.74, 6) is 0.999. The van der Waals surface area contributed by atoms with Crippen LogP contribution in [0.5, 0.6) is 0 Å². The van der Waals surface area contributed by atoms with Crippen LogP contribution in [0, 0.1) is 22.7 Å². The monoisotopic (exact) mass is 240 g/mol. The van der Waals surface area contributed by atoms with Crippen molar-refractivity contribution in [3.8, 4) is 17.6 Å². The van der Waals surface area contributed by atoms with Crippen molar-refractivity contribution >= 4 is 0 Å². The van der Waals surface area contributed by atoms with Crippen LogP contribution in [0.1, 0.15) is 25.7 Å². The van der Waals surface area contributed by atoms with Crippen molar-refractivity contribution in [3.05, 3.63) is 30.3 Å². The van der Waals surface area contributed by atoms with Crippen LogP contribution in [-0.2, 0) is 0 Å². The Bertz CT molecular complexity index is 611. The van der Waals surface area contributed by atoms with Crippen LogP contribution in [0.2, 0.25) is 0 Å². The molecule has 1 saturated carbocycles. The van der Waals surface area contributed by atoms with E-state index in [1.165, 1.54) is 0 Å². The molecule has 5 nitrogen and oxygen atoms in total. The number of hydrogen-bond donors (Lipinski definition) is 0. The van der Waals surface area contributed by atoms with Crippen molar-refractivity contribution in [2.24, 2.45) is 11.3 Å². The summed E-state index contributed by atoms with van der Waals surface area (Å²) in [5.41, 5.74) is 0.599. The zero-order chi connectivity index (χ0) is 12.8. The van der Waals surface area contributed by atoms with Gasteiger partial charge in [0, 0.05) is 6.20 Å². The predicted octanol–water partition coefficient (Wildman–Crippen LogP) is 2.39. The standard InChI is InChI=1S/C13H12N4O/c1-13(2)8(7-14)10(13)12-16-11(17-18-12)9-5-3-4-6-15-9/h3-6,8,10H,1-2H3. The zero-order valence-electron chi connectivity index (χ0n) is 10.2. The molecule has 0 spiro atoms. The van der Waals surface area contributed by atoms with Crippen molar-refractivity contribution < 1.29 is 4.52 Å². The number of nitriles is 1. The van der Waals surface area contributed by atoms with Crippen molar-refractivity contribution in [1.29, 1.82) is 5.26 Å². The third-order valence-electron chi connectivity index (χ3n) is 3.57. The molecule has 1 fully saturated rings. The fourth-order valence-corrected chi connectivity index (χ4v) is 2.30. The maximum absolute atomic E-state index is 9.05. The Hall–Kier alpha value is -2.22. The Balaban J connectivity index is 1.91. The quantitative estimate of drug-likeness (QED) is 0.805. The van der Waals surface area contributed by atoms with Gasteiger partial charge in [-0.3, -0.25) is 4.98 Å². The molecule has 0 aliphatic heterocycles. The Labute approximate surface area is 104 Å². The fourth-order valence-electron chi connectivity index (χ4n) is 2.30. The van der Waals surface area contributed by atoms with Gasteiger partial charge in [0.25, 0.3) is 0 Å². The molecular formula is C13H12N4O. The van der Waals surface area contributed by atoms with E-state index in [0.29, 0.717) is 17.4 Å². The third-order valence-corrected chi connectivity index (χ3v) is 3.57. The summed E-state index contributed by atoms with van der Waals surface area (Å²) in [7, 11) is 0. The molecule has 0 aromatic carbocycles. The zero-order valence-corrected chi connectivity index (χ0v) is 10.2. The molecule has 2 aromatic heterocycles. The molecule has 18 heavy (non-hydrogen) atoms. The van der Waals surface area contributed by atoms with Crippen LogP contribution in [-0.4, -0.2) is 15.1 Å². The molecule has 5 heteroatoms. The minimum Gasteiger partial charge on any atom is -0.339 e. The van der Waals surface area contributed by atoms with E-state index in [0.717, 1.165) is 0 Å². The average molecular weight is 240 g/mol. The van der Waals surface area contributed by atoms with Gasteiger partial charge in [-0.05, 0) is 17.5 Å². The van der Waals surface area contributed by atoms with Crippen LogP contribution in [0.3, 0.4) is 0 Å². The van der Waals surface area contributed by atoms with E-state index in [2.05, 4.69) is 21.2 Å². The van der Waals surface area contributed by atoms with Crippen molar-refractivity contribution in [2.75, 3.05) is 0 Å². The summed E-state index contributed by atoms with van der Waals surface area (Å²) in [4.78, 5) is 8.51. The molecule has 1 aliphatic rings. The molecule has 0 N–H and O–H groups in total. The van der Waals surface area contributed by atoms with Crippen LogP contribution in [0.4, 0.5) is 0 Å². The summed E-state index contributed by atoms with van der Waals surface area (Å²) >= 11 is 0. The number of nitrogens with zero attached hydrogens (tertiary/aromatic N) is 4. The first-order valence-corrected chi connectivity index (χ1v) is 5.79. The molecule has 2 aromatic rings. The van der Waals surface area contributed by atoms with Crippen molar-refractivity contribution in [1.82, 2.24) is 15.1 Å². The second-order valence-corrected chi connectivity index (χ2v) is 5.08. The smallest absolute Gasteiger partial charge is 0.232 e. The van der Waals surface area contributed by atoms with Crippen LogP contribution in [0.25, 0.3) is 11.5 Å². The molecule has 1 aliphatic carbocycles. The average Bonchev–Trinajstić information content (AvgIpc) is 2.77. The second kappa shape index (κ2) is 3.64. The molecular weight excluding hydrogens is 228 g/mol. The maximum Gasteiger partial charge on any atom is 0.232 e. The lowest BCUT2D eigenvalue weighted by Gasteiger charge is -1.95. The first-order chi connectivity index (χ1) is 8.64. The molecule has 0 radical (unpaired) electrons. The fraction of sp³-hybridized carbons (Fsp3) is 0.385.